The molecule has 2 heteroatoms. The zero-order chi connectivity index (χ0) is 14.4. The molecule has 0 aliphatic rings. The van der Waals surface area contributed by atoms with E-state index in [1.54, 1.807) is 0 Å². The standard InChI is InChI=1S/C8H11FO.C5H10.C2H6/c1-5-8(9)7(4)10-6(2)3;1-4-5(2)3;1-2/h1,6H,2-4H3;2,4H2,1,3H3;1-2H3/b8-7-;;. The predicted molar refractivity (Wildman–Crippen MR) is 75.3 cm³/mol. The Morgan fingerprint density at radius 3 is 1.88 bits per heavy atom. The van der Waals surface area contributed by atoms with Gasteiger partial charge in [0.1, 0.15) is 5.76 Å². The number of terminal acetylenes is 1. The molecule has 0 rings (SSSR count). The van der Waals surface area contributed by atoms with E-state index in [9.17, 15) is 4.39 Å². The van der Waals surface area contributed by atoms with Crippen LogP contribution in [0, 0.1) is 12.3 Å². The van der Waals surface area contributed by atoms with Crippen LogP contribution in [0.2, 0.25) is 0 Å². The van der Waals surface area contributed by atoms with Crippen molar-refractivity contribution in [3.8, 4) is 12.3 Å². The summed E-state index contributed by atoms with van der Waals surface area (Å²) < 4.78 is 17.4. The van der Waals surface area contributed by atoms with Gasteiger partial charge >= 0.3 is 0 Å². The highest BCUT2D eigenvalue weighted by Gasteiger charge is 2.00. The van der Waals surface area contributed by atoms with Crippen molar-refractivity contribution in [3.63, 3.8) is 0 Å². The maximum absolute atomic E-state index is 12.4. The van der Waals surface area contributed by atoms with Gasteiger partial charge in [-0.15, -0.1) is 13.0 Å². The minimum atomic E-state index is -0.631. The average molecular weight is 242 g/mol. The van der Waals surface area contributed by atoms with E-state index in [4.69, 9.17) is 11.2 Å². The van der Waals surface area contributed by atoms with Crippen molar-refractivity contribution in [2.75, 3.05) is 0 Å². The fourth-order valence-corrected chi connectivity index (χ4v) is 0.507. The number of hydrogen-bond acceptors (Lipinski definition) is 1. The predicted octanol–water partition coefficient (Wildman–Crippen LogP) is 5.24. The van der Waals surface area contributed by atoms with Crippen LogP contribution >= 0.6 is 0 Å². The Hall–Kier alpha value is -1.23. The second-order valence-corrected chi connectivity index (χ2v) is 3.49. The molecule has 0 aromatic heterocycles. The van der Waals surface area contributed by atoms with Crippen LogP contribution in [-0.2, 0) is 4.74 Å². The van der Waals surface area contributed by atoms with Crippen molar-refractivity contribution >= 4 is 0 Å². The van der Waals surface area contributed by atoms with Gasteiger partial charge in [0.25, 0.3) is 0 Å². The lowest BCUT2D eigenvalue weighted by Gasteiger charge is -2.08. The molecule has 0 spiro atoms. The van der Waals surface area contributed by atoms with Crippen molar-refractivity contribution < 1.29 is 9.13 Å². The van der Waals surface area contributed by atoms with Crippen molar-refractivity contribution in [2.45, 2.75) is 61.0 Å². The summed E-state index contributed by atoms with van der Waals surface area (Å²) in [6.45, 7) is 16.9. The molecule has 0 bridgehead atoms. The lowest BCUT2D eigenvalue weighted by Crippen LogP contribution is -2.00. The Morgan fingerprint density at radius 1 is 1.35 bits per heavy atom. The first-order valence-corrected chi connectivity index (χ1v) is 5.99. The van der Waals surface area contributed by atoms with Gasteiger partial charge in [0.15, 0.2) is 0 Å². The molecular weight excluding hydrogens is 215 g/mol. The summed E-state index contributed by atoms with van der Waals surface area (Å²) in [6.07, 6.45) is 5.87. The van der Waals surface area contributed by atoms with Crippen molar-refractivity contribution in [1.29, 1.82) is 0 Å². The molecule has 0 unspecified atom stereocenters. The maximum atomic E-state index is 12.4. The van der Waals surface area contributed by atoms with E-state index in [2.05, 4.69) is 13.5 Å². The zero-order valence-electron chi connectivity index (χ0n) is 12.4. The molecule has 0 N–H and O–H groups in total. The number of allylic oxidation sites excluding steroid dienone is 3. The number of rotatable bonds is 3. The number of hydrogen-bond donors (Lipinski definition) is 0. The van der Waals surface area contributed by atoms with Gasteiger partial charge in [-0.3, -0.25) is 0 Å². The summed E-state index contributed by atoms with van der Waals surface area (Å²) >= 11 is 0. The fraction of sp³-hybridized carbons (Fsp3) is 0.600. The lowest BCUT2D eigenvalue weighted by molar-refractivity contribution is 0.142. The Morgan fingerprint density at radius 2 is 1.71 bits per heavy atom. The van der Waals surface area contributed by atoms with Crippen LogP contribution < -0.4 is 0 Å². The summed E-state index contributed by atoms with van der Waals surface area (Å²) in [5.74, 6) is 1.41. The van der Waals surface area contributed by atoms with Crippen LogP contribution in [0.3, 0.4) is 0 Å². The lowest BCUT2D eigenvalue weighted by atomic mass is 10.3. The molecule has 0 radical (unpaired) electrons. The van der Waals surface area contributed by atoms with E-state index < -0.39 is 5.83 Å². The molecule has 0 aromatic rings. The quantitative estimate of drug-likeness (QED) is 0.373. The van der Waals surface area contributed by atoms with Gasteiger partial charge in [-0.25, -0.2) is 0 Å². The van der Waals surface area contributed by atoms with Crippen LogP contribution in [0.5, 0.6) is 0 Å². The van der Waals surface area contributed by atoms with Gasteiger partial charge in [0, 0.05) is 0 Å². The molecule has 0 saturated heterocycles. The molecule has 0 aliphatic heterocycles. The SMILES string of the molecule is C#C/C(F)=C(\C)OC(C)C.C=C(C)CC.CC. The molecule has 1 nitrogen and oxygen atoms in total. The molecule has 0 fully saturated rings. The molecule has 0 saturated carbocycles. The summed E-state index contributed by atoms with van der Waals surface area (Å²) in [4.78, 5) is 0. The van der Waals surface area contributed by atoms with E-state index in [1.807, 2.05) is 40.5 Å². The van der Waals surface area contributed by atoms with Gasteiger partial charge < -0.3 is 4.74 Å². The topological polar surface area (TPSA) is 9.23 Å². The Kier molecular flexibility index (Phi) is 18.3. The Bertz CT molecular complexity index is 257. The molecule has 0 atom stereocenters. The number of halogens is 1. The number of ether oxygens (including phenoxy) is 1. The molecule has 0 amide bonds. The fourth-order valence-electron chi connectivity index (χ4n) is 0.507. The van der Waals surface area contributed by atoms with Crippen LogP contribution in [0.4, 0.5) is 4.39 Å². The highest BCUT2D eigenvalue weighted by Crippen LogP contribution is 2.07. The third-order valence-corrected chi connectivity index (χ3v) is 1.45. The van der Waals surface area contributed by atoms with E-state index in [0.717, 1.165) is 6.42 Å². The summed E-state index contributed by atoms with van der Waals surface area (Å²) in [7, 11) is 0. The summed E-state index contributed by atoms with van der Waals surface area (Å²) in [5, 5.41) is 0. The van der Waals surface area contributed by atoms with Crippen LogP contribution in [0.1, 0.15) is 54.9 Å². The van der Waals surface area contributed by atoms with Crippen molar-refractivity contribution in [3.05, 3.63) is 23.7 Å². The van der Waals surface area contributed by atoms with Gasteiger partial charge in [0.2, 0.25) is 5.83 Å². The van der Waals surface area contributed by atoms with Crippen LogP contribution in [0.15, 0.2) is 23.7 Å². The first-order chi connectivity index (χ1) is 7.84. The molecule has 17 heavy (non-hydrogen) atoms. The highest BCUT2D eigenvalue weighted by molar-refractivity contribution is 5.20. The molecule has 0 aromatic carbocycles. The summed E-state index contributed by atoms with van der Waals surface area (Å²) in [6, 6.07) is 0. The zero-order valence-corrected chi connectivity index (χ0v) is 12.4. The van der Waals surface area contributed by atoms with E-state index >= 15 is 0 Å². The molecule has 0 heterocycles. The van der Waals surface area contributed by atoms with Gasteiger partial charge in [-0.1, -0.05) is 26.3 Å². The van der Waals surface area contributed by atoms with Gasteiger partial charge in [0.05, 0.1) is 6.10 Å². The van der Waals surface area contributed by atoms with Crippen LogP contribution in [-0.4, -0.2) is 6.10 Å². The maximum Gasteiger partial charge on any atom is 0.210 e. The normalized spacial score (nSPS) is 9.88. The third-order valence-electron chi connectivity index (χ3n) is 1.45. The second kappa shape index (κ2) is 14.8. The first-order valence-electron chi connectivity index (χ1n) is 5.99. The third kappa shape index (κ3) is 20.8. The Labute approximate surface area is 107 Å². The van der Waals surface area contributed by atoms with E-state index in [-0.39, 0.29) is 11.9 Å². The van der Waals surface area contributed by atoms with Crippen molar-refractivity contribution in [1.82, 2.24) is 0 Å². The highest BCUT2D eigenvalue weighted by atomic mass is 19.1. The minimum absolute atomic E-state index is 0.0286. The molecular formula is C15H27FO. The van der Waals surface area contributed by atoms with Gasteiger partial charge in [-0.05, 0) is 40.0 Å². The van der Waals surface area contributed by atoms with E-state index in [1.165, 1.54) is 12.5 Å². The Balaban J connectivity index is -0.000000236. The summed E-state index contributed by atoms with van der Waals surface area (Å²) in [5.41, 5.74) is 1.25. The second-order valence-electron chi connectivity index (χ2n) is 3.49. The first kappa shape index (κ1) is 21.1. The average Bonchev–Trinajstić information content (AvgIpc) is 2.30. The molecule has 100 valence electrons. The minimum Gasteiger partial charge on any atom is -0.492 e. The monoisotopic (exact) mass is 242 g/mol. The van der Waals surface area contributed by atoms with Crippen molar-refractivity contribution in [2.24, 2.45) is 0 Å². The van der Waals surface area contributed by atoms with Gasteiger partial charge in [-0.2, -0.15) is 4.39 Å². The van der Waals surface area contributed by atoms with Crippen LogP contribution in [0.25, 0.3) is 0 Å². The largest absolute Gasteiger partial charge is 0.492 e. The van der Waals surface area contributed by atoms with E-state index in [0.29, 0.717) is 0 Å². The smallest absolute Gasteiger partial charge is 0.210 e. The molecule has 0 aliphatic carbocycles.